The van der Waals surface area contributed by atoms with E-state index in [9.17, 15) is 4.79 Å². The number of carbonyl (C=O) groups is 1. The van der Waals surface area contributed by atoms with E-state index in [1.54, 1.807) is 0 Å². The van der Waals surface area contributed by atoms with Gasteiger partial charge in [0.2, 0.25) is 0 Å². The molecule has 1 saturated carbocycles. The second-order valence-electron chi connectivity index (χ2n) is 6.62. The van der Waals surface area contributed by atoms with Crippen molar-refractivity contribution in [3.05, 3.63) is 0 Å². The molecule has 116 valence electrons. The van der Waals surface area contributed by atoms with E-state index in [2.05, 4.69) is 12.2 Å². The summed E-state index contributed by atoms with van der Waals surface area (Å²) in [5.41, 5.74) is 0.356. The van der Waals surface area contributed by atoms with Crippen LogP contribution in [0.5, 0.6) is 0 Å². The molecule has 2 atom stereocenters. The molecule has 0 spiro atoms. The topological polar surface area (TPSA) is 47.6 Å². The monoisotopic (exact) mass is 283 g/mol. The first-order valence-corrected chi connectivity index (χ1v) is 8.11. The van der Waals surface area contributed by atoms with E-state index in [0.717, 1.165) is 51.9 Å². The predicted octanol–water partition coefficient (Wildman–Crippen LogP) is 2.51. The van der Waals surface area contributed by atoms with Gasteiger partial charge in [0.25, 0.3) is 0 Å². The predicted molar refractivity (Wildman–Crippen MR) is 78.5 cm³/mol. The maximum atomic E-state index is 11.8. The zero-order chi connectivity index (χ0) is 14.4. The van der Waals surface area contributed by atoms with Crippen molar-refractivity contribution in [1.29, 1.82) is 0 Å². The van der Waals surface area contributed by atoms with E-state index >= 15 is 0 Å². The van der Waals surface area contributed by atoms with Crippen molar-refractivity contribution < 1.29 is 14.3 Å². The average Bonchev–Trinajstić information content (AvgIpc) is 2.47. The molecule has 2 rings (SSSR count). The minimum atomic E-state index is -0.00345. The maximum Gasteiger partial charge on any atom is 0.308 e. The van der Waals surface area contributed by atoms with Crippen LogP contribution < -0.4 is 5.32 Å². The molecule has 1 N–H and O–H groups in total. The fraction of sp³-hybridized carbons (Fsp3) is 0.938. The second-order valence-corrected chi connectivity index (χ2v) is 6.62. The highest BCUT2D eigenvalue weighted by Crippen LogP contribution is 2.30. The highest BCUT2D eigenvalue weighted by Gasteiger charge is 2.31. The molecule has 0 aromatic heterocycles. The quantitative estimate of drug-likeness (QED) is 0.788. The average molecular weight is 283 g/mol. The Labute approximate surface area is 122 Å². The van der Waals surface area contributed by atoms with Crippen molar-refractivity contribution >= 4 is 5.97 Å². The molecular formula is C16H29NO3. The second kappa shape index (κ2) is 7.41. The minimum absolute atomic E-state index is 0.00345. The summed E-state index contributed by atoms with van der Waals surface area (Å²) in [6.07, 6.45) is 6.50. The fourth-order valence-corrected chi connectivity index (χ4v) is 3.28. The Morgan fingerprint density at radius 2 is 2.10 bits per heavy atom. The van der Waals surface area contributed by atoms with Crippen molar-refractivity contribution in [3.8, 4) is 0 Å². The third kappa shape index (κ3) is 4.45. The van der Waals surface area contributed by atoms with Crippen LogP contribution in [0, 0.1) is 11.3 Å². The molecular weight excluding hydrogens is 254 g/mol. The van der Waals surface area contributed by atoms with Crippen molar-refractivity contribution in [2.24, 2.45) is 11.3 Å². The van der Waals surface area contributed by atoms with Gasteiger partial charge >= 0.3 is 5.97 Å². The first kappa shape index (κ1) is 15.8. The van der Waals surface area contributed by atoms with Gasteiger partial charge in [0.1, 0.15) is 0 Å². The Hall–Kier alpha value is -0.610. The number of rotatable bonds is 5. The molecule has 2 unspecified atom stereocenters. The Balaban J connectivity index is 1.76. The molecule has 0 aromatic carbocycles. The van der Waals surface area contributed by atoms with Gasteiger partial charge in [-0.3, -0.25) is 4.79 Å². The van der Waals surface area contributed by atoms with Gasteiger partial charge in [-0.15, -0.1) is 0 Å². The van der Waals surface area contributed by atoms with Gasteiger partial charge in [-0.05, 0) is 44.4 Å². The van der Waals surface area contributed by atoms with E-state index in [4.69, 9.17) is 9.47 Å². The first-order valence-electron chi connectivity index (χ1n) is 8.11. The third-order valence-corrected chi connectivity index (χ3v) is 4.81. The Bertz CT molecular complexity index is 313. The van der Waals surface area contributed by atoms with Gasteiger partial charge in [0.05, 0.1) is 12.5 Å². The molecule has 1 heterocycles. The van der Waals surface area contributed by atoms with Crippen LogP contribution >= 0.6 is 0 Å². The van der Waals surface area contributed by atoms with Crippen LogP contribution in [0.3, 0.4) is 0 Å². The van der Waals surface area contributed by atoms with Crippen molar-refractivity contribution in [2.45, 2.75) is 58.4 Å². The van der Waals surface area contributed by atoms with Gasteiger partial charge in [-0.2, -0.15) is 0 Å². The number of nitrogens with one attached hydrogen (secondary N) is 1. The lowest BCUT2D eigenvalue weighted by atomic mass is 9.81. The summed E-state index contributed by atoms with van der Waals surface area (Å²) < 4.78 is 10.6. The highest BCUT2D eigenvalue weighted by molar-refractivity contribution is 5.72. The zero-order valence-electron chi connectivity index (χ0n) is 13.0. The van der Waals surface area contributed by atoms with Crippen LogP contribution in [-0.2, 0) is 14.3 Å². The highest BCUT2D eigenvalue weighted by atomic mass is 16.5. The van der Waals surface area contributed by atoms with E-state index in [0.29, 0.717) is 18.1 Å². The minimum Gasteiger partial charge on any atom is -0.466 e. The Morgan fingerprint density at radius 1 is 1.35 bits per heavy atom. The summed E-state index contributed by atoms with van der Waals surface area (Å²) >= 11 is 0. The lowest BCUT2D eigenvalue weighted by molar-refractivity contribution is -0.149. The fourth-order valence-electron chi connectivity index (χ4n) is 3.28. The van der Waals surface area contributed by atoms with Gasteiger partial charge < -0.3 is 14.8 Å². The molecule has 1 saturated heterocycles. The molecule has 4 heteroatoms. The first-order chi connectivity index (χ1) is 9.63. The van der Waals surface area contributed by atoms with Gasteiger partial charge in [-0.1, -0.05) is 13.3 Å². The van der Waals surface area contributed by atoms with Crippen LogP contribution in [0.2, 0.25) is 0 Å². The molecule has 4 nitrogen and oxygen atoms in total. The van der Waals surface area contributed by atoms with Gasteiger partial charge in [0.15, 0.2) is 0 Å². The number of hydrogen-bond donors (Lipinski definition) is 1. The molecule has 1 aliphatic carbocycles. The molecule has 20 heavy (non-hydrogen) atoms. The zero-order valence-corrected chi connectivity index (χ0v) is 13.0. The van der Waals surface area contributed by atoms with Crippen LogP contribution in [0.15, 0.2) is 0 Å². The Kier molecular flexibility index (Phi) is 5.85. The number of carbonyl (C=O) groups excluding carboxylic acids is 1. The van der Waals surface area contributed by atoms with Gasteiger partial charge in [-0.25, -0.2) is 0 Å². The maximum absolute atomic E-state index is 11.8. The molecule has 2 fully saturated rings. The summed E-state index contributed by atoms with van der Waals surface area (Å²) in [5.74, 6) is 0.0972. The summed E-state index contributed by atoms with van der Waals surface area (Å²) in [5, 5.41) is 3.70. The van der Waals surface area contributed by atoms with Crippen molar-refractivity contribution in [3.63, 3.8) is 0 Å². The van der Waals surface area contributed by atoms with Crippen molar-refractivity contribution in [2.75, 3.05) is 26.4 Å². The summed E-state index contributed by atoms with van der Waals surface area (Å²) in [4.78, 5) is 11.8. The molecule has 2 aliphatic rings. The standard InChI is InChI=1S/C16H29NO3/c1-3-20-15(18)13-5-4-6-14(11-13)17-12-16(2)7-9-19-10-8-16/h13-14,17H,3-12H2,1-2H3. The molecule has 0 amide bonds. The SMILES string of the molecule is CCOC(=O)C1CCCC(NCC2(C)CCOCC2)C1. The number of hydrogen-bond acceptors (Lipinski definition) is 4. The van der Waals surface area contributed by atoms with E-state index in [1.165, 1.54) is 6.42 Å². The molecule has 0 radical (unpaired) electrons. The molecule has 0 aromatic rings. The summed E-state index contributed by atoms with van der Waals surface area (Å²) in [6.45, 7) is 7.52. The lowest BCUT2D eigenvalue weighted by Crippen LogP contribution is -2.43. The van der Waals surface area contributed by atoms with Crippen LogP contribution in [-0.4, -0.2) is 38.4 Å². The molecule has 1 aliphatic heterocycles. The largest absolute Gasteiger partial charge is 0.466 e. The van der Waals surface area contributed by atoms with E-state index < -0.39 is 0 Å². The smallest absolute Gasteiger partial charge is 0.308 e. The number of esters is 1. The van der Waals surface area contributed by atoms with Crippen LogP contribution in [0.25, 0.3) is 0 Å². The lowest BCUT2D eigenvalue weighted by Gasteiger charge is -2.36. The number of ether oxygens (including phenoxy) is 2. The summed E-state index contributed by atoms with van der Waals surface area (Å²) in [6, 6.07) is 0.470. The third-order valence-electron chi connectivity index (χ3n) is 4.81. The van der Waals surface area contributed by atoms with Gasteiger partial charge in [0, 0.05) is 25.8 Å². The molecule has 0 bridgehead atoms. The van der Waals surface area contributed by atoms with Crippen molar-refractivity contribution in [1.82, 2.24) is 5.32 Å². The normalized spacial score (nSPS) is 29.9. The van der Waals surface area contributed by atoms with E-state index in [1.807, 2.05) is 6.92 Å². The Morgan fingerprint density at radius 3 is 2.80 bits per heavy atom. The van der Waals surface area contributed by atoms with Crippen LogP contribution in [0.4, 0.5) is 0 Å². The van der Waals surface area contributed by atoms with Crippen LogP contribution in [0.1, 0.15) is 52.4 Å². The van der Waals surface area contributed by atoms with E-state index in [-0.39, 0.29) is 11.9 Å². The summed E-state index contributed by atoms with van der Waals surface area (Å²) in [7, 11) is 0.